The highest BCUT2D eigenvalue weighted by Crippen LogP contribution is 2.33. The minimum atomic E-state index is 0.0440. The van der Waals surface area contributed by atoms with Crippen LogP contribution in [0.4, 0.5) is 0 Å². The largest absolute Gasteiger partial charge is 0.335 e. The van der Waals surface area contributed by atoms with Gasteiger partial charge in [0, 0.05) is 17.8 Å². The van der Waals surface area contributed by atoms with Gasteiger partial charge in [-0.2, -0.15) is 17.0 Å². The molecule has 3 nitrogen and oxygen atoms in total. The molecule has 1 saturated heterocycles. The molecule has 2 aliphatic rings. The second kappa shape index (κ2) is 4.22. The first kappa shape index (κ1) is 9.85. The summed E-state index contributed by atoms with van der Waals surface area (Å²) in [6.07, 6.45) is 3.44. The second-order valence-corrected chi connectivity index (χ2v) is 5.03. The first-order valence-corrected chi connectivity index (χ1v) is 6.24. The highest BCUT2D eigenvalue weighted by Gasteiger charge is 2.38. The van der Waals surface area contributed by atoms with Gasteiger partial charge in [-0.3, -0.25) is 4.79 Å². The molecule has 0 bridgehead atoms. The Bertz CT molecular complexity index is 264. The second-order valence-electron chi connectivity index (χ2n) is 3.88. The van der Waals surface area contributed by atoms with E-state index in [-0.39, 0.29) is 12.3 Å². The summed E-state index contributed by atoms with van der Waals surface area (Å²) in [5, 5.41) is 8.53. The van der Waals surface area contributed by atoms with Crippen molar-refractivity contribution in [1.29, 1.82) is 5.26 Å². The van der Waals surface area contributed by atoms with Crippen molar-refractivity contribution in [2.75, 3.05) is 11.5 Å². The zero-order valence-electron chi connectivity index (χ0n) is 8.11. The molecule has 0 aromatic rings. The van der Waals surface area contributed by atoms with E-state index in [1.807, 2.05) is 22.7 Å². The monoisotopic (exact) mass is 210 g/mol. The van der Waals surface area contributed by atoms with Crippen molar-refractivity contribution in [1.82, 2.24) is 4.90 Å². The van der Waals surface area contributed by atoms with Gasteiger partial charge in [-0.25, -0.2) is 0 Å². The number of thioether (sulfide) groups is 1. The van der Waals surface area contributed by atoms with Crippen molar-refractivity contribution in [3.05, 3.63) is 0 Å². The molecule has 1 aliphatic carbocycles. The number of nitrogens with zero attached hydrogens (tertiary/aromatic N) is 2. The molecule has 1 amide bonds. The van der Waals surface area contributed by atoms with Crippen LogP contribution >= 0.6 is 11.8 Å². The van der Waals surface area contributed by atoms with E-state index >= 15 is 0 Å². The van der Waals surface area contributed by atoms with Gasteiger partial charge >= 0.3 is 0 Å². The summed E-state index contributed by atoms with van der Waals surface area (Å²) in [6.45, 7) is 0. The van der Waals surface area contributed by atoms with Crippen molar-refractivity contribution in [3.8, 4) is 6.07 Å². The summed E-state index contributed by atoms with van der Waals surface area (Å²) in [4.78, 5) is 13.7. The molecule has 0 radical (unpaired) electrons. The fourth-order valence-electron chi connectivity index (χ4n) is 1.96. The average molecular weight is 210 g/mol. The molecule has 1 saturated carbocycles. The topological polar surface area (TPSA) is 44.1 Å². The number of carbonyl (C=O) groups excluding carboxylic acids is 1. The van der Waals surface area contributed by atoms with Gasteiger partial charge in [-0.1, -0.05) is 0 Å². The zero-order valence-corrected chi connectivity index (χ0v) is 8.92. The number of hydrogen-bond donors (Lipinski definition) is 0. The van der Waals surface area contributed by atoms with Crippen LogP contribution in [-0.2, 0) is 4.79 Å². The fourth-order valence-corrected chi connectivity index (χ4v) is 3.16. The molecular weight excluding hydrogens is 196 g/mol. The normalized spacial score (nSPS) is 25.8. The smallest absolute Gasteiger partial charge is 0.237 e. The van der Waals surface area contributed by atoms with Crippen LogP contribution in [0.2, 0.25) is 0 Å². The molecule has 1 heterocycles. The third-order valence-corrected chi connectivity index (χ3v) is 3.90. The zero-order chi connectivity index (χ0) is 9.97. The van der Waals surface area contributed by atoms with E-state index in [1.165, 1.54) is 0 Å². The van der Waals surface area contributed by atoms with E-state index in [0.717, 1.165) is 30.8 Å². The predicted molar refractivity (Wildman–Crippen MR) is 55.8 cm³/mol. The van der Waals surface area contributed by atoms with Gasteiger partial charge in [0.15, 0.2) is 0 Å². The maximum atomic E-state index is 11.7. The van der Waals surface area contributed by atoms with Gasteiger partial charge in [-0.15, -0.1) is 0 Å². The maximum Gasteiger partial charge on any atom is 0.237 e. The number of nitriles is 1. The molecule has 1 atom stereocenters. The summed E-state index contributed by atoms with van der Waals surface area (Å²) in [7, 11) is 0. The maximum absolute atomic E-state index is 11.7. The number of amides is 1. The summed E-state index contributed by atoms with van der Waals surface area (Å²) in [5.41, 5.74) is 0. The molecule has 4 heteroatoms. The number of rotatable bonds is 3. The van der Waals surface area contributed by atoms with Crippen LogP contribution in [0.3, 0.4) is 0 Å². The molecule has 0 spiro atoms. The first-order valence-electron chi connectivity index (χ1n) is 5.09. The van der Waals surface area contributed by atoms with Crippen molar-refractivity contribution in [3.63, 3.8) is 0 Å². The highest BCUT2D eigenvalue weighted by atomic mass is 32.2. The van der Waals surface area contributed by atoms with Crippen LogP contribution in [0.1, 0.15) is 25.7 Å². The lowest BCUT2D eigenvalue weighted by atomic mass is 10.2. The lowest BCUT2D eigenvalue weighted by Crippen LogP contribution is -2.41. The summed E-state index contributed by atoms with van der Waals surface area (Å²) in [6, 6.07) is 2.82. The Balaban J connectivity index is 1.99. The molecule has 76 valence electrons. The summed E-state index contributed by atoms with van der Waals surface area (Å²) < 4.78 is 0. The van der Waals surface area contributed by atoms with Gasteiger partial charge in [0.2, 0.25) is 5.91 Å². The minimum absolute atomic E-state index is 0.0440. The van der Waals surface area contributed by atoms with Crippen molar-refractivity contribution in [2.24, 2.45) is 0 Å². The fraction of sp³-hybridized carbons (Fsp3) is 0.800. The van der Waals surface area contributed by atoms with Crippen molar-refractivity contribution in [2.45, 2.75) is 37.8 Å². The van der Waals surface area contributed by atoms with Gasteiger partial charge in [0.1, 0.15) is 6.42 Å². The van der Waals surface area contributed by atoms with Crippen LogP contribution in [-0.4, -0.2) is 34.4 Å². The van der Waals surface area contributed by atoms with Crippen LogP contribution in [0, 0.1) is 11.3 Å². The van der Waals surface area contributed by atoms with E-state index in [1.54, 1.807) is 0 Å². The molecule has 0 aromatic heterocycles. The Morgan fingerprint density at radius 1 is 1.43 bits per heavy atom. The van der Waals surface area contributed by atoms with Gasteiger partial charge in [0.05, 0.1) is 6.07 Å². The summed E-state index contributed by atoms with van der Waals surface area (Å²) >= 11 is 1.91. The molecule has 0 unspecified atom stereocenters. The van der Waals surface area contributed by atoms with Crippen LogP contribution in [0.15, 0.2) is 0 Å². The summed E-state index contributed by atoms with van der Waals surface area (Å²) in [5.74, 6) is 2.27. The van der Waals surface area contributed by atoms with E-state index in [2.05, 4.69) is 0 Å². The lowest BCUT2D eigenvalue weighted by Gasteiger charge is -2.27. The Hall–Kier alpha value is -0.690. The molecule has 1 aliphatic heterocycles. The van der Waals surface area contributed by atoms with E-state index in [4.69, 9.17) is 5.26 Å². The first-order chi connectivity index (χ1) is 6.83. The third-order valence-electron chi connectivity index (χ3n) is 2.76. The van der Waals surface area contributed by atoms with E-state index in [9.17, 15) is 4.79 Å². The van der Waals surface area contributed by atoms with Crippen molar-refractivity contribution < 1.29 is 4.79 Å². The third kappa shape index (κ3) is 2.03. The van der Waals surface area contributed by atoms with E-state index in [0.29, 0.717) is 12.1 Å². The SMILES string of the molecule is N#CCC(=O)N(C1CC1)[C@@H]1CCSC1. The Morgan fingerprint density at radius 3 is 2.71 bits per heavy atom. The quantitative estimate of drug-likeness (QED) is 0.707. The minimum Gasteiger partial charge on any atom is -0.335 e. The van der Waals surface area contributed by atoms with Gasteiger partial charge in [0.25, 0.3) is 0 Å². The molecule has 14 heavy (non-hydrogen) atoms. The Labute approximate surface area is 88.4 Å². The number of hydrogen-bond acceptors (Lipinski definition) is 3. The lowest BCUT2D eigenvalue weighted by molar-refractivity contribution is -0.132. The van der Waals surface area contributed by atoms with Crippen LogP contribution in [0.25, 0.3) is 0 Å². The Kier molecular flexibility index (Phi) is 2.97. The van der Waals surface area contributed by atoms with Crippen LogP contribution in [0.5, 0.6) is 0 Å². The van der Waals surface area contributed by atoms with E-state index < -0.39 is 0 Å². The van der Waals surface area contributed by atoms with Crippen molar-refractivity contribution >= 4 is 17.7 Å². The molecule has 2 fully saturated rings. The predicted octanol–water partition coefficient (Wildman–Crippen LogP) is 1.40. The Morgan fingerprint density at radius 2 is 2.21 bits per heavy atom. The molecular formula is C10H14N2OS. The number of carbonyl (C=O) groups is 1. The molecule has 0 aromatic carbocycles. The average Bonchev–Trinajstić information content (AvgIpc) is 2.82. The standard InChI is InChI=1S/C10H14N2OS/c11-5-3-10(13)12(8-1-2-8)9-4-6-14-7-9/h8-9H,1-4,6-7H2/t9-/m1/s1. The molecule has 2 rings (SSSR count). The van der Waals surface area contributed by atoms with Gasteiger partial charge < -0.3 is 4.90 Å². The van der Waals surface area contributed by atoms with Gasteiger partial charge in [-0.05, 0) is 25.0 Å². The highest BCUT2D eigenvalue weighted by molar-refractivity contribution is 7.99. The van der Waals surface area contributed by atoms with Crippen LogP contribution < -0.4 is 0 Å². The molecule has 0 N–H and O–H groups in total.